The van der Waals surface area contributed by atoms with Gasteiger partial charge in [0.15, 0.2) is 0 Å². The number of hydrogen-bond donors (Lipinski definition) is 0. The van der Waals surface area contributed by atoms with E-state index in [4.69, 9.17) is 4.79 Å². The minimum Gasteiger partial charge on any atom is -0.304 e. The highest BCUT2D eigenvalue weighted by Crippen LogP contribution is 2.28. The van der Waals surface area contributed by atoms with E-state index in [1.165, 1.54) is 61.8 Å². The first-order valence-electron chi connectivity index (χ1n) is 11.2. The van der Waals surface area contributed by atoms with E-state index >= 15 is 0 Å². The van der Waals surface area contributed by atoms with Gasteiger partial charge in [-0.15, -0.1) is 0 Å². The maximum atomic E-state index is 10.6. The monoisotopic (exact) mass is 397 g/mol. The smallest absolute Gasteiger partial charge is 0.143 e. The quantitative estimate of drug-likeness (QED) is 0.507. The van der Waals surface area contributed by atoms with Gasteiger partial charge in [0.2, 0.25) is 0 Å². The van der Waals surface area contributed by atoms with Crippen LogP contribution in [0.5, 0.6) is 0 Å². The molecule has 3 heteroatoms. The Kier molecular flexibility index (Phi) is 12.9. The first-order chi connectivity index (χ1) is 14.0. The summed E-state index contributed by atoms with van der Waals surface area (Å²) in [6.45, 7) is 10.6. The SMILES string of the molecule is CC(=O)CN1CCCC1.CC=O.CCCC(CCC)c1ccc2ccccc2c1. The molecule has 0 unspecified atom stereocenters. The molecule has 1 heterocycles. The maximum absolute atomic E-state index is 10.6. The van der Waals surface area contributed by atoms with E-state index in [9.17, 15) is 4.79 Å². The summed E-state index contributed by atoms with van der Waals surface area (Å²) in [6.07, 6.45) is 8.47. The van der Waals surface area contributed by atoms with Crippen molar-refractivity contribution in [1.82, 2.24) is 4.90 Å². The second-order valence-electron chi connectivity index (χ2n) is 7.80. The predicted molar refractivity (Wildman–Crippen MR) is 125 cm³/mol. The van der Waals surface area contributed by atoms with Crippen molar-refractivity contribution in [1.29, 1.82) is 0 Å². The number of benzene rings is 2. The Morgan fingerprint density at radius 3 is 2.07 bits per heavy atom. The van der Waals surface area contributed by atoms with Crippen LogP contribution in [-0.2, 0) is 9.59 Å². The summed E-state index contributed by atoms with van der Waals surface area (Å²) in [6, 6.07) is 15.6. The van der Waals surface area contributed by atoms with Crippen LogP contribution in [0.4, 0.5) is 0 Å². The van der Waals surface area contributed by atoms with Crippen molar-refractivity contribution in [3.8, 4) is 0 Å². The molecule has 0 atom stereocenters. The van der Waals surface area contributed by atoms with Crippen LogP contribution < -0.4 is 0 Å². The normalized spacial score (nSPS) is 13.4. The molecule has 1 aliphatic rings. The molecule has 1 saturated heterocycles. The molecule has 2 aromatic carbocycles. The van der Waals surface area contributed by atoms with Crippen molar-refractivity contribution >= 4 is 22.8 Å². The highest BCUT2D eigenvalue weighted by atomic mass is 16.1. The summed E-state index contributed by atoms with van der Waals surface area (Å²) in [5, 5.41) is 2.73. The van der Waals surface area contributed by atoms with Gasteiger partial charge >= 0.3 is 0 Å². The molecule has 0 amide bonds. The van der Waals surface area contributed by atoms with Crippen LogP contribution in [-0.4, -0.2) is 36.6 Å². The molecule has 0 radical (unpaired) electrons. The van der Waals surface area contributed by atoms with Crippen LogP contribution in [0.1, 0.15) is 77.7 Å². The minimum absolute atomic E-state index is 0.289. The second kappa shape index (κ2) is 14.9. The van der Waals surface area contributed by atoms with E-state index in [0.29, 0.717) is 6.54 Å². The van der Waals surface area contributed by atoms with Gasteiger partial charge in [0.25, 0.3) is 0 Å². The van der Waals surface area contributed by atoms with Gasteiger partial charge in [-0.25, -0.2) is 0 Å². The number of Topliss-reactive ketones (excluding diaryl/α,β-unsaturated/α-hetero) is 1. The zero-order valence-corrected chi connectivity index (χ0v) is 18.8. The summed E-state index contributed by atoms with van der Waals surface area (Å²) in [7, 11) is 0. The van der Waals surface area contributed by atoms with Gasteiger partial charge in [-0.05, 0) is 74.9 Å². The molecule has 0 bridgehead atoms. The van der Waals surface area contributed by atoms with Crippen molar-refractivity contribution < 1.29 is 9.59 Å². The van der Waals surface area contributed by atoms with E-state index in [2.05, 4.69) is 61.2 Å². The molecule has 29 heavy (non-hydrogen) atoms. The number of likely N-dealkylation sites (tertiary alicyclic amines) is 1. The Bertz CT molecular complexity index is 713. The van der Waals surface area contributed by atoms with Gasteiger partial charge in [0, 0.05) is 0 Å². The summed E-state index contributed by atoms with van der Waals surface area (Å²) in [5.74, 6) is 1.03. The summed E-state index contributed by atoms with van der Waals surface area (Å²) >= 11 is 0. The number of ketones is 1. The number of carbonyl (C=O) groups is 2. The molecular formula is C26H39NO2. The number of aldehydes is 1. The van der Waals surface area contributed by atoms with Gasteiger partial charge in [-0.3, -0.25) is 9.69 Å². The zero-order valence-electron chi connectivity index (χ0n) is 18.8. The lowest BCUT2D eigenvalue weighted by atomic mass is 9.89. The van der Waals surface area contributed by atoms with Crippen molar-refractivity contribution in [2.24, 2.45) is 0 Å². The molecule has 160 valence electrons. The summed E-state index contributed by atoms with van der Waals surface area (Å²) in [5.41, 5.74) is 1.52. The lowest BCUT2D eigenvalue weighted by Gasteiger charge is -2.16. The van der Waals surface area contributed by atoms with Gasteiger partial charge in [-0.1, -0.05) is 69.2 Å². The first kappa shape index (κ1) is 25.0. The zero-order chi connectivity index (χ0) is 21.5. The Balaban J connectivity index is 0.000000294. The lowest BCUT2D eigenvalue weighted by Crippen LogP contribution is -2.24. The highest BCUT2D eigenvalue weighted by Gasteiger charge is 2.12. The number of hydrogen-bond acceptors (Lipinski definition) is 3. The molecule has 0 N–H and O–H groups in total. The fourth-order valence-corrected chi connectivity index (χ4v) is 3.89. The van der Waals surface area contributed by atoms with Crippen LogP contribution in [0, 0.1) is 0 Å². The van der Waals surface area contributed by atoms with Crippen LogP contribution in [0.25, 0.3) is 10.8 Å². The van der Waals surface area contributed by atoms with Gasteiger partial charge in [0.05, 0.1) is 6.54 Å². The van der Waals surface area contributed by atoms with Crippen LogP contribution in [0.3, 0.4) is 0 Å². The Morgan fingerprint density at radius 1 is 1.00 bits per heavy atom. The molecule has 1 aliphatic heterocycles. The van der Waals surface area contributed by atoms with E-state index in [1.54, 1.807) is 6.92 Å². The first-order valence-corrected chi connectivity index (χ1v) is 11.2. The number of nitrogens with zero attached hydrogens (tertiary/aromatic N) is 1. The van der Waals surface area contributed by atoms with E-state index in [1.807, 2.05) is 0 Å². The Labute approximate surface area is 177 Å². The molecule has 3 nitrogen and oxygen atoms in total. The molecule has 0 aliphatic carbocycles. The average Bonchev–Trinajstić information content (AvgIpc) is 3.21. The number of carbonyl (C=O) groups excluding carboxylic acids is 2. The van der Waals surface area contributed by atoms with Crippen molar-refractivity contribution in [2.45, 2.75) is 72.1 Å². The molecular weight excluding hydrogens is 358 g/mol. The second-order valence-corrected chi connectivity index (χ2v) is 7.80. The van der Waals surface area contributed by atoms with E-state index in [0.717, 1.165) is 25.3 Å². The molecule has 1 fully saturated rings. The third kappa shape index (κ3) is 9.85. The van der Waals surface area contributed by atoms with Crippen LogP contribution >= 0.6 is 0 Å². The topological polar surface area (TPSA) is 37.4 Å². The molecule has 0 spiro atoms. The molecule has 3 rings (SSSR count). The number of rotatable bonds is 7. The van der Waals surface area contributed by atoms with Crippen LogP contribution in [0.2, 0.25) is 0 Å². The summed E-state index contributed by atoms with van der Waals surface area (Å²) in [4.78, 5) is 21.6. The Morgan fingerprint density at radius 2 is 1.55 bits per heavy atom. The Hall–Kier alpha value is -2.00. The van der Waals surface area contributed by atoms with Crippen molar-refractivity contribution in [3.05, 3.63) is 48.0 Å². The number of fused-ring (bicyclic) bond motifs is 1. The standard InChI is InChI=1S/C17H22.C7H13NO.C2H4O/c1-3-7-14(8-4-2)17-12-11-15-9-5-6-10-16(15)13-17;1-7(9)6-8-4-2-3-5-8;1-2-3/h5-6,9-14H,3-4,7-8H2,1-2H3;2-6H2,1H3;2H,1H3. The van der Waals surface area contributed by atoms with Gasteiger partial charge < -0.3 is 4.79 Å². The van der Waals surface area contributed by atoms with Crippen molar-refractivity contribution in [2.75, 3.05) is 19.6 Å². The van der Waals surface area contributed by atoms with Gasteiger partial charge in [-0.2, -0.15) is 0 Å². The fourth-order valence-electron chi connectivity index (χ4n) is 3.89. The lowest BCUT2D eigenvalue weighted by molar-refractivity contribution is -0.117. The maximum Gasteiger partial charge on any atom is 0.143 e. The predicted octanol–water partition coefficient (Wildman–Crippen LogP) is 6.40. The van der Waals surface area contributed by atoms with Gasteiger partial charge in [0.1, 0.15) is 12.1 Å². The highest BCUT2D eigenvalue weighted by molar-refractivity contribution is 5.83. The third-order valence-corrected chi connectivity index (χ3v) is 5.16. The minimum atomic E-state index is 0.289. The largest absolute Gasteiger partial charge is 0.304 e. The van der Waals surface area contributed by atoms with Crippen LogP contribution in [0.15, 0.2) is 42.5 Å². The van der Waals surface area contributed by atoms with Crippen molar-refractivity contribution in [3.63, 3.8) is 0 Å². The fraction of sp³-hybridized carbons (Fsp3) is 0.538. The average molecular weight is 398 g/mol. The molecule has 0 aromatic heterocycles. The molecule has 0 saturated carbocycles. The summed E-state index contributed by atoms with van der Waals surface area (Å²) < 4.78 is 0. The van der Waals surface area contributed by atoms with E-state index < -0.39 is 0 Å². The van der Waals surface area contributed by atoms with E-state index in [-0.39, 0.29) is 5.78 Å². The molecule has 2 aromatic rings. The third-order valence-electron chi connectivity index (χ3n) is 5.16.